The average Bonchev–Trinajstić information content (AvgIpc) is 2.92. The highest BCUT2D eigenvalue weighted by Crippen LogP contribution is 2.38. The SMILES string of the molecule is COCCCN1CC(C)(C)Oc2ccc(CO[C@@H]3CC[C@@H](C[C@@H](NC(=O)CC4CCOCC4)C(C)C)NC3)cc21. The van der Waals surface area contributed by atoms with Gasteiger partial charge in [0, 0.05) is 58.5 Å². The largest absolute Gasteiger partial charge is 0.484 e. The van der Waals surface area contributed by atoms with E-state index < -0.39 is 0 Å². The van der Waals surface area contributed by atoms with Crippen LogP contribution in [0.5, 0.6) is 5.75 Å². The Morgan fingerprint density at radius 1 is 1.20 bits per heavy atom. The number of piperidine rings is 1. The van der Waals surface area contributed by atoms with Gasteiger partial charge < -0.3 is 34.5 Å². The van der Waals surface area contributed by atoms with Gasteiger partial charge in [-0.3, -0.25) is 4.79 Å². The summed E-state index contributed by atoms with van der Waals surface area (Å²) >= 11 is 0. The molecule has 3 aliphatic heterocycles. The van der Waals surface area contributed by atoms with E-state index in [-0.39, 0.29) is 23.7 Å². The third-order valence-electron chi connectivity index (χ3n) is 8.56. The molecule has 2 fully saturated rings. The molecule has 0 unspecified atom stereocenters. The van der Waals surface area contributed by atoms with E-state index in [4.69, 9.17) is 18.9 Å². The highest BCUT2D eigenvalue weighted by Gasteiger charge is 2.32. The standard InChI is InChI=1S/C32H53N3O5/c1-23(2)28(34-31(36)18-24-11-15-38-16-12-24)19-26-8-9-27(20-33-26)39-21-25-7-10-30-29(17-25)35(13-6-14-37-5)22-32(3,4)40-30/h7,10,17,23-24,26-28,33H,6,8-9,11-16,18-22H2,1-5H3,(H,34,36)/t26-,27+,28+/m0/s1. The maximum absolute atomic E-state index is 12.7. The van der Waals surface area contributed by atoms with Crippen molar-refractivity contribution in [2.75, 3.05) is 51.5 Å². The third kappa shape index (κ3) is 9.33. The molecule has 0 spiro atoms. The molecule has 0 aromatic heterocycles. The molecular weight excluding hydrogens is 506 g/mol. The molecule has 0 aliphatic carbocycles. The molecule has 8 heteroatoms. The molecule has 1 amide bonds. The van der Waals surface area contributed by atoms with E-state index in [1.54, 1.807) is 7.11 Å². The Balaban J connectivity index is 1.23. The zero-order chi connectivity index (χ0) is 28.5. The van der Waals surface area contributed by atoms with Crippen LogP contribution < -0.4 is 20.3 Å². The Kier molecular flexibility index (Phi) is 11.5. The molecule has 3 heterocycles. The van der Waals surface area contributed by atoms with Gasteiger partial charge in [0.1, 0.15) is 11.4 Å². The molecular formula is C32H53N3O5. The van der Waals surface area contributed by atoms with Crippen LogP contribution in [-0.4, -0.2) is 76.3 Å². The van der Waals surface area contributed by atoms with Crippen molar-refractivity contribution in [2.24, 2.45) is 11.8 Å². The van der Waals surface area contributed by atoms with Crippen molar-refractivity contribution in [1.82, 2.24) is 10.6 Å². The molecule has 4 rings (SSSR count). The van der Waals surface area contributed by atoms with Crippen molar-refractivity contribution in [3.8, 4) is 5.75 Å². The van der Waals surface area contributed by atoms with Gasteiger partial charge in [0.15, 0.2) is 0 Å². The van der Waals surface area contributed by atoms with Crippen LogP contribution in [0.1, 0.15) is 78.2 Å². The summed E-state index contributed by atoms with van der Waals surface area (Å²) in [5, 5.41) is 7.05. The number of hydrogen-bond donors (Lipinski definition) is 2. The first kappa shape index (κ1) is 31.1. The van der Waals surface area contributed by atoms with Crippen LogP contribution in [-0.2, 0) is 25.6 Å². The summed E-state index contributed by atoms with van der Waals surface area (Å²) in [7, 11) is 1.75. The summed E-state index contributed by atoms with van der Waals surface area (Å²) in [6.07, 6.45) is 6.85. The smallest absolute Gasteiger partial charge is 0.220 e. The molecule has 226 valence electrons. The second-order valence-electron chi connectivity index (χ2n) is 13.0. The number of nitrogens with zero attached hydrogens (tertiary/aromatic N) is 1. The maximum Gasteiger partial charge on any atom is 0.220 e. The molecule has 1 aromatic rings. The minimum Gasteiger partial charge on any atom is -0.484 e. The van der Waals surface area contributed by atoms with Crippen LogP contribution in [0.2, 0.25) is 0 Å². The Morgan fingerprint density at radius 2 is 2.00 bits per heavy atom. The molecule has 0 saturated carbocycles. The van der Waals surface area contributed by atoms with Crippen molar-refractivity contribution in [3.05, 3.63) is 23.8 Å². The third-order valence-corrected chi connectivity index (χ3v) is 8.56. The molecule has 3 aliphatic rings. The monoisotopic (exact) mass is 559 g/mol. The van der Waals surface area contributed by atoms with Crippen molar-refractivity contribution in [1.29, 1.82) is 0 Å². The minimum absolute atomic E-state index is 0.192. The summed E-state index contributed by atoms with van der Waals surface area (Å²) in [5.41, 5.74) is 2.11. The fourth-order valence-electron chi connectivity index (χ4n) is 6.19. The number of ether oxygens (including phenoxy) is 4. The van der Waals surface area contributed by atoms with Gasteiger partial charge >= 0.3 is 0 Å². The van der Waals surface area contributed by atoms with Crippen LogP contribution in [0, 0.1) is 11.8 Å². The number of amides is 1. The number of anilines is 1. The molecule has 2 N–H and O–H groups in total. The zero-order valence-corrected chi connectivity index (χ0v) is 25.5. The Bertz CT molecular complexity index is 925. The van der Waals surface area contributed by atoms with E-state index in [2.05, 4.69) is 61.4 Å². The van der Waals surface area contributed by atoms with Gasteiger partial charge in [-0.05, 0) is 81.9 Å². The van der Waals surface area contributed by atoms with Crippen molar-refractivity contribution >= 4 is 11.6 Å². The quantitative estimate of drug-likeness (QED) is 0.340. The van der Waals surface area contributed by atoms with Gasteiger partial charge in [-0.15, -0.1) is 0 Å². The Labute approximate surface area is 241 Å². The van der Waals surface area contributed by atoms with E-state index in [1.807, 2.05) is 0 Å². The number of carbonyl (C=O) groups excluding carboxylic acids is 1. The topological polar surface area (TPSA) is 81.3 Å². The van der Waals surface area contributed by atoms with E-state index in [1.165, 1.54) is 5.56 Å². The summed E-state index contributed by atoms with van der Waals surface area (Å²) in [6.45, 7) is 14.3. The highest BCUT2D eigenvalue weighted by atomic mass is 16.5. The van der Waals surface area contributed by atoms with Crippen LogP contribution in [0.15, 0.2) is 18.2 Å². The van der Waals surface area contributed by atoms with Gasteiger partial charge in [-0.25, -0.2) is 0 Å². The fourth-order valence-corrected chi connectivity index (χ4v) is 6.19. The minimum atomic E-state index is -0.218. The van der Waals surface area contributed by atoms with Crippen molar-refractivity contribution in [2.45, 2.75) is 103 Å². The number of hydrogen-bond acceptors (Lipinski definition) is 7. The van der Waals surface area contributed by atoms with E-state index in [0.717, 1.165) is 89.4 Å². The van der Waals surface area contributed by atoms with Gasteiger partial charge in [-0.2, -0.15) is 0 Å². The van der Waals surface area contributed by atoms with Crippen LogP contribution in [0.3, 0.4) is 0 Å². The number of methoxy groups -OCH3 is 1. The summed E-state index contributed by atoms with van der Waals surface area (Å²) in [4.78, 5) is 15.2. The predicted molar refractivity (Wildman–Crippen MR) is 159 cm³/mol. The molecule has 2 saturated heterocycles. The first-order chi connectivity index (χ1) is 19.2. The molecule has 1 aromatic carbocycles. The lowest BCUT2D eigenvalue weighted by Crippen LogP contribution is -2.48. The predicted octanol–water partition coefficient (Wildman–Crippen LogP) is 4.69. The molecule has 40 heavy (non-hydrogen) atoms. The highest BCUT2D eigenvalue weighted by molar-refractivity contribution is 5.76. The fraction of sp³-hybridized carbons (Fsp3) is 0.781. The number of nitrogens with one attached hydrogen (secondary N) is 2. The Morgan fingerprint density at radius 3 is 2.70 bits per heavy atom. The van der Waals surface area contributed by atoms with E-state index >= 15 is 0 Å². The molecule has 0 bridgehead atoms. The lowest BCUT2D eigenvalue weighted by molar-refractivity contribution is -0.123. The number of fused-ring (bicyclic) bond motifs is 1. The van der Waals surface area contributed by atoms with Gasteiger partial charge in [0.05, 0.1) is 24.9 Å². The van der Waals surface area contributed by atoms with Crippen LogP contribution in [0.4, 0.5) is 5.69 Å². The van der Waals surface area contributed by atoms with Crippen LogP contribution >= 0.6 is 0 Å². The van der Waals surface area contributed by atoms with Crippen molar-refractivity contribution < 1.29 is 23.7 Å². The maximum atomic E-state index is 12.7. The second-order valence-corrected chi connectivity index (χ2v) is 13.0. The van der Waals surface area contributed by atoms with Gasteiger partial charge in [0.2, 0.25) is 5.91 Å². The summed E-state index contributed by atoms with van der Waals surface area (Å²) in [6, 6.07) is 7.04. The van der Waals surface area contributed by atoms with E-state index in [0.29, 0.717) is 30.9 Å². The molecule has 0 radical (unpaired) electrons. The first-order valence-electron chi connectivity index (χ1n) is 15.5. The number of rotatable bonds is 13. The molecule has 3 atom stereocenters. The average molecular weight is 560 g/mol. The normalized spacial score (nSPS) is 23.9. The van der Waals surface area contributed by atoms with Crippen molar-refractivity contribution in [3.63, 3.8) is 0 Å². The summed E-state index contributed by atoms with van der Waals surface area (Å²) in [5.74, 6) is 2.00. The first-order valence-corrected chi connectivity index (χ1v) is 15.5. The van der Waals surface area contributed by atoms with Gasteiger partial charge in [-0.1, -0.05) is 19.9 Å². The zero-order valence-electron chi connectivity index (χ0n) is 25.5. The number of carbonyl (C=O) groups is 1. The number of benzene rings is 1. The van der Waals surface area contributed by atoms with Gasteiger partial charge in [0.25, 0.3) is 0 Å². The molecule has 8 nitrogen and oxygen atoms in total. The lowest BCUT2D eigenvalue weighted by atomic mass is 9.90. The second kappa shape index (κ2) is 14.9. The summed E-state index contributed by atoms with van der Waals surface area (Å²) < 4.78 is 23.4. The van der Waals surface area contributed by atoms with Crippen LogP contribution in [0.25, 0.3) is 0 Å². The van der Waals surface area contributed by atoms with E-state index in [9.17, 15) is 4.79 Å². The Hall–Kier alpha value is -1.87. The lowest BCUT2D eigenvalue weighted by Gasteiger charge is -2.41.